The Balaban J connectivity index is 4.65. The highest BCUT2D eigenvalue weighted by Crippen LogP contribution is 2.07. The van der Waals surface area contributed by atoms with Crippen LogP contribution in [0.15, 0.2) is 12.7 Å². The van der Waals surface area contributed by atoms with E-state index in [4.69, 9.17) is 9.66 Å². The molecular weight excluding hydrogens is 200 g/mol. The van der Waals surface area contributed by atoms with Gasteiger partial charge in [0.1, 0.15) is 6.10 Å². The lowest BCUT2D eigenvalue weighted by Crippen LogP contribution is -2.35. The number of aliphatic hydroxyl groups is 1. The fraction of sp³-hybridized carbons (Fsp3) is 0.500. The molecule has 0 heterocycles. The summed E-state index contributed by atoms with van der Waals surface area (Å²) >= 11 is 0. The van der Waals surface area contributed by atoms with Gasteiger partial charge in [-0.15, -0.1) is 0 Å². The minimum absolute atomic E-state index is 0.723. The third-order valence-corrected chi connectivity index (χ3v) is 2.16. The van der Waals surface area contributed by atoms with Crippen molar-refractivity contribution in [1.82, 2.24) is 0 Å². The Morgan fingerprint density at radius 2 is 2.08 bits per heavy atom. The van der Waals surface area contributed by atoms with E-state index in [0.29, 0.717) is 0 Å². The normalized spacial score (nSPS) is 15.9. The van der Waals surface area contributed by atoms with E-state index in [1.54, 1.807) is 0 Å². The largest absolute Gasteiger partial charge is 0.437 e. The summed E-state index contributed by atoms with van der Waals surface area (Å²) in [5.74, 6) is -1.04. The topological polar surface area (TPSA) is 101 Å². The van der Waals surface area contributed by atoms with Gasteiger partial charge in [-0.25, -0.2) is 4.79 Å². The predicted octanol–water partition coefficient (Wildman–Crippen LogP) is -0.690. The Bertz CT molecular complexity index is 290. The zero-order valence-corrected chi connectivity index (χ0v) is 7.69. The summed E-state index contributed by atoms with van der Waals surface area (Å²) in [6.07, 6.45) is -0.792. The standard InChI is InChI=1S/C6H10O6S/c1-3-5(8)12-6(4(2)7)13(9,10)11/h3-4,6-7H,1H2,2H3,(H,9,10,11). The minimum atomic E-state index is -4.61. The summed E-state index contributed by atoms with van der Waals surface area (Å²) in [5, 5.41) is 8.84. The maximum Gasteiger partial charge on any atom is 0.331 e. The van der Waals surface area contributed by atoms with Gasteiger partial charge in [0.25, 0.3) is 5.44 Å². The summed E-state index contributed by atoms with van der Waals surface area (Å²) < 4.78 is 33.7. The van der Waals surface area contributed by atoms with Crippen molar-refractivity contribution >= 4 is 16.1 Å². The van der Waals surface area contributed by atoms with Crippen LogP contribution in [0.2, 0.25) is 0 Å². The number of carbonyl (C=O) groups excluding carboxylic acids is 1. The van der Waals surface area contributed by atoms with Gasteiger partial charge < -0.3 is 9.84 Å². The van der Waals surface area contributed by atoms with Crippen molar-refractivity contribution in [2.45, 2.75) is 18.5 Å². The van der Waals surface area contributed by atoms with Crippen LogP contribution in [0.1, 0.15) is 6.92 Å². The Morgan fingerprint density at radius 1 is 1.62 bits per heavy atom. The molecule has 0 saturated heterocycles. The second-order valence-electron chi connectivity index (χ2n) is 2.26. The lowest BCUT2D eigenvalue weighted by atomic mass is 10.4. The molecule has 0 aromatic heterocycles. The number of rotatable bonds is 4. The van der Waals surface area contributed by atoms with E-state index in [1.807, 2.05) is 0 Å². The molecule has 76 valence electrons. The maximum absolute atomic E-state index is 10.5. The molecule has 0 aliphatic rings. The molecular formula is C6H10O6S. The third kappa shape index (κ3) is 4.02. The summed E-state index contributed by atoms with van der Waals surface area (Å²) in [6, 6.07) is 0. The van der Waals surface area contributed by atoms with Crippen molar-refractivity contribution in [3.63, 3.8) is 0 Å². The minimum Gasteiger partial charge on any atom is -0.437 e. The van der Waals surface area contributed by atoms with E-state index >= 15 is 0 Å². The number of esters is 1. The van der Waals surface area contributed by atoms with Crippen LogP contribution in [0, 0.1) is 0 Å². The van der Waals surface area contributed by atoms with Crippen LogP contribution in [-0.4, -0.2) is 35.6 Å². The van der Waals surface area contributed by atoms with Crippen LogP contribution in [0.4, 0.5) is 0 Å². The number of carbonyl (C=O) groups is 1. The SMILES string of the molecule is C=CC(=O)OC(C(C)O)S(=O)(=O)O. The van der Waals surface area contributed by atoms with E-state index in [2.05, 4.69) is 11.3 Å². The van der Waals surface area contributed by atoms with E-state index in [1.165, 1.54) is 0 Å². The highest BCUT2D eigenvalue weighted by Gasteiger charge is 2.31. The van der Waals surface area contributed by atoms with Gasteiger partial charge in [-0.05, 0) is 6.92 Å². The first-order valence-corrected chi connectivity index (χ1v) is 4.76. The fourth-order valence-corrected chi connectivity index (χ4v) is 1.28. The van der Waals surface area contributed by atoms with Gasteiger partial charge in [-0.3, -0.25) is 4.55 Å². The first-order chi connectivity index (χ1) is 5.79. The van der Waals surface area contributed by atoms with Crippen molar-refractivity contribution in [2.75, 3.05) is 0 Å². The van der Waals surface area contributed by atoms with Crippen LogP contribution in [-0.2, 0) is 19.6 Å². The molecule has 0 bridgehead atoms. The summed E-state index contributed by atoms with van der Waals surface area (Å²) in [7, 11) is -4.61. The first-order valence-electron chi connectivity index (χ1n) is 3.26. The highest BCUT2D eigenvalue weighted by molar-refractivity contribution is 7.86. The van der Waals surface area contributed by atoms with Crippen molar-refractivity contribution in [2.24, 2.45) is 0 Å². The maximum atomic E-state index is 10.5. The molecule has 0 aromatic carbocycles. The number of hydrogen-bond acceptors (Lipinski definition) is 5. The lowest BCUT2D eigenvalue weighted by molar-refractivity contribution is -0.143. The van der Waals surface area contributed by atoms with Crippen molar-refractivity contribution in [3.8, 4) is 0 Å². The van der Waals surface area contributed by atoms with Gasteiger partial charge in [0.2, 0.25) is 0 Å². The molecule has 0 rings (SSSR count). The first kappa shape index (κ1) is 12.1. The molecule has 0 aliphatic carbocycles. The van der Waals surface area contributed by atoms with Crippen LogP contribution in [0.3, 0.4) is 0 Å². The Kier molecular flexibility index (Phi) is 4.05. The van der Waals surface area contributed by atoms with Gasteiger partial charge in [0, 0.05) is 6.08 Å². The molecule has 0 fully saturated rings. The molecule has 0 saturated carbocycles. The molecule has 7 heteroatoms. The second kappa shape index (κ2) is 4.35. The van der Waals surface area contributed by atoms with E-state index < -0.39 is 27.6 Å². The van der Waals surface area contributed by atoms with Crippen molar-refractivity contribution in [3.05, 3.63) is 12.7 Å². The number of hydrogen-bond donors (Lipinski definition) is 2. The Morgan fingerprint density at radius 3 is 2.31 bits per heavy atom. The van der Waals surface area contributed by atoms with E-state index in [9.17, 15) is 13.2 Å². The van der Waals surface area contributed by atoms with Gasteiger partial charge in [0.05, 0.1) is 0 Å². The van der Waals surface area contributed by atoms with Gasteiger partial charge >= 0.3 is 16.1 Å². The zero-order chi connectivity index (χ0) is 10.6. The summed E-state index contributed by atoms with van der Waals surface area (Å²) in [5.41, 5.74) is -1.97. The molecule has 0 radical (unpaired) electrons. The van der Waals surface area contributed by atoms with Crippen molar-refractivity contribution in [1.29, 1.82) is 0 Å². The molecule has 0 aliphatic heterocycles. The van der Waals surface area contributed by atoms with Crippen LogP contribution >= 0.6 is 0 Å². The average molecular weight is 210 g/mol. The van der Waals surface area contributed by atoms with E-state index in [0.717, 1.165) is 13.0 Å². The molecule has 2 atom stereocenters. The zero-order valence-electron chi connectivity index (χ0n) is 6.87. The fourth-order valence-electron chi connectivity index (χ4n) is 0.571. The summed E-state index contributed by atoms with van der Waals surface area (Å²) in [4.78, 5) is 10.5. The number of ether oxygens (including phenoxy) is 1. The summed E-state index contributed by atoms with van der Waals surface area (Å²) in [6.45, 7) is 4.09. The quantitative estimate of drug-likeness (QED) is 0.362. The smallest absolute Gasteiger partial charge is 0.331 e. The monoisotopic (exact) mass is 210 g/mol. The molecule has 0 amide bonds. The van der Waals surface area contributed by atoms with Crippen molar-refractivity contribution < 1.29 is 27.6 Å². The Labute approximate surface area is 75.6 Å². The van der Waals surface area contributed by atoms with E-state index in [-0.39, 0.29) is 0 Å². The Hall–Kier alpha value is -0.920. The van der Waals surface area contributed by atoms with Gasteiger partial charge in [0.15, 0.2) is 0 Å². The predicted molar refractivity (Wildman–Crippen MR) is 43.3 cm³/mol. The molecule has 0 aromatic rings. The lowest BCUT2D eigenvalue weighted by Gasteiger charge is -2.15. The van der Waals surface area contributed by atoms with Crippen LogP contribution < -0.4 is 0 Å². The highest BCUT2D eigenvalue weighted by atomic mass is 32.2. The molecule has 2 N–H and O–H groups in total. The second-order valence-corrected chi connectivity index (χ2v) is 3.76. The number of aliphatic hydroxyl groups excluding tert-OH is 1. The third-order valence-electron chi connectivity index (χ3n) is 1.09. The molecule has 0 spiro atoms. The molecule has 2 unspecified atom stereocenters. The van der Waals surface area contributed by atoms with Crippen LogP contribution in [0.25, 0.3) is 0 Å². The van der Waals surface area contributed by atoms with Gasteiger partial charge in [-0.1, -0.05) is 6.58 Å². The average Bonchev–Trinajstić information content (AvgIpc) is 1.96. The van der Waals surface area contributed by atoms with Gasteiger partial charge in [-0.2, -0.15) is 8.42 Å². The molecule has 6 nitrogen and oxygen atoms in total. The van der Waals surface area contributed by atoms with Crippen LogP contribution in [0.5, 0.6) is 0 Å². The molecule has 13 heavy (non-hydrogen) atoms.